The van der Waals surface area contributed by atoms with Crippen LogP contribution in [0.5, 0.6) is 0 Å². The minimum absolute atomic E-state index is 0.0106. The monoisotopic (exact) mass is 281 g/mol. The Labute approximate surface area is 108 Å². The second-order valence-corrected chi connectivity index (χ2v) is 7.15. The molecule has 1 N–H and O–H groups in total. The van der Waals surface area contributed by atoms with E-state index in [0.29, 0.717) is 24.8 Å². The number of hydrogen-bond donors (Lipinski definition) is 1. The molecule has 1 saturated heterocycles. The number of rotatable bonds is 7. The van der Waals surface area contributed by atoms with Crippen LogP contribution < -0.4 is 4.72 Å². The SMILES string of the molecule is O=S(=O)(CCCCCl)NC1CCOC1C1CC1. The average Bonchev–Trinajstić information content (AvgIpc) is 3.00. The number of sulfonamides is 1. The van der Waals surface area contributed by atoms with Gasteiger partial charge in [0.25, 0.3) is 0 Å². The van der Waals surface area contributed by atoms with Crippen molar-refractivity contribution in [3.05, 3.63) is 0 Å². The van der Waals surface area contributed by atoms with Gasteiger partial charge < -0.3 is 4.74 Å². The van der Waals surface area contributed by atoms with E-state index in [1.165, 1.54) is 12.8 Å². The van der Waals surface area contributed by atoms with Crippen molar-refractivity contribution in [3.63, 3.8) is 0 Å². The molecule has 0 aromatic heterocycles. The average molecular weight is 282 g/mol. The van der Waals surface area contributed by atoms with Gasteiger partial charge >= 0.3 is 0 Å². The highest BCUT2D eigenvalue weighted by molar-refractivity contribution is 7.89. The maximum Gasteiger partial charge on any atom is 0.211 e. The van der Waals surface area contributed by atoms with Crippen molar-refractivity contribution in [1.82, 2.24) is 4.72 Å². The van der Waals surface area contributed by atoms with Crippen molar-refractivity contribution in [3.8, 4) is 0 Å². The first kappa shape index (κ1) is 13.6. The van der Waals surface area contributed by atoms with Crippen molar-refractivity contribution in [2.45, 2.75) is 44.2 Å². The third kappa shape index (κ3) is 4.09. The van der Waals surface area contributed by atoms with Gasteiger partial charge in [-0.05, 0) is 38.0 Å². The second kappa shape index (κ2) is 5.87. The molecule has 0 aromatic carbocycles. The van der Waals surface area contributed by atoms with Gasteiger partial charge in [-0.15, -0.1) is 11.6 Å². The molecule has 1 aliphatic heterocycles. The summed E-state index contributed by atoms with van der Waals surface area (Å²) in [5, 5.41) is 0. The highest BCUT2D eigenvalue weighted by Gasteiger charge is 2.41. The summed E-state index contributed by atoms with van der Waals surface area (Å²) >= 11 is 5.54. The largest absolute Gasteiger partial charge is 0.376 e. The van der Waals surface area contributed by atoms with E-state index < -0.39 is 10.0 Å². The molecule has 1 heterocycles. The Morgan fingerprint density at radius 1 is 1.24 bits per heavy atom. The molecular weight excluding hydrogens is 262 g/mol. The van der Waals surface area contributed by atoms with Gasteiger partial charge in [0.15, 0.2) is 0 Å². The lowest BCUT2D eigenvalue weighted by atomic mass is 10.1. The molecule has 0 spiro atoms. The molecule has 0 amide bonds. The van der Waals surface area contributed by atoms with Crippen molar-refractivity contribution in [2.24, 2.45) is 5.92 Å². The minimum atomic E-state index is -3.16. The topological polar surface area (TPSA) is 55.4 Å². The van der Waals surface area contributed by atoms with Crippen molar-refractivity contribution in [2.75, 3.05) is 18.2 Å². The van der Waals surface area contributed by atoms with Crippen LogP contribution in [0.25, 0.3) is 0 Å². The molecule has 2 fully saturated rings. The molecule has 2 unspecified atom stereocenters. The molecule has 6 heteroatoms. The maximum atomic E-state index is 11.8. The predicted molar refractivity (Wildman–Crippen MR) is 67.7 cm³/mol. The van der Waals surface area contributed by atoms with Crippen LogP contribution in [0.1, 0.15) is 32.1 Å². The molecule has 100 valence electrons. The fourth-order valence-electron chi connectivity index (χ4n) is 2.30. The lowest BCUT2D eigenvalue weighted by Crippen LogP contribution is -2.42. The number of hydrogen-bond acceptors (Lipinski definition) is 3. The number of alkyl halides is 1. The van der Waals surface area contributed by atoms with Crippen LogP contribution in [-0.2, 0) is 14.8 Å². The molecule has 0 bridgehead atoms. The zero-order chi connectivity index (χ0) is 12.3. The van der Waals surface area contributed by atoms with E-state index in [2.05, 4.69) is 4.72 Å². The molecule has 17 heavy (non-hydrogen) atoms. The molecule has 1 saturated carbocycles. The zero-order valence-corrected chi connectivity index (χ0v) is 11.5. The fraction of sp³-hybridized carbons (Fsp3) is 1.00. The van der Waals surface area contributed by atoms with Crippen LogP contribution in [0.2, 0.25) is 0 Å². The molecule has 2 aliphatic rings. The first-order valence-corrected chi connectivity index (χ1v) is 8.48. The Kier molecular flexibility index (Phi) is 4.69. The molecular formula is C11H20ClNO3S. The smallest absolute Gasteiger partial charge is 0.211 e. The number of halogens is 1. The molecule has 4 nitrogen and oxygen atoms in total. The molecule has 0 aromatic rings. The number of unbranched alkanes of at least 4 members (excludes halogenated alkanes) is 1. The Balaban J connectivity index is 1.81. The van der Waals surface area contributed by atoms with E-state index in [1.807, 2.05) is 0 Å². The molecule has 2 atom stereocenters. The summed E-state index contributed by atoms with van der Waals surface area (Å²) in [4.78, 5) is 0. The normalized spacial score (nSPS) is 29.7. The summed E-state index contributed by atoms with van der Waals surface area (Å²) in [5.41, 5.74) is 0. The number of ether oxygens (including phenoxy) is 1. The summed E-state index contributed by atoms with van der Waals surface area (Å²) in [6.45, 7) is 0.677. The van der Waals surface area contributed by atoms with Crippen LogP contribution in [0.15, 0.2) is 0 Å². The van der Waals surface area contributed by atoms with Crippen LogP contribution in [0, 0.1) is 5.92 Å². The molecule has 2 rings (SSSR count). The summed E-state index contributed by atoms with van der Waals surface area (Å²) in [7, 11) is -3.16. The van der Waals surface area contributed by atoms with E-state index in [-0.39, 0.29) is 17.9 Å². The first-order valence-electron chi connectivity index (χ1n) is 6.30. The van der Waals surface area contributed by atoms with Gasteiger partial charge in [-0.1, -0.05) is 0 Å². The Morgan fingerprint density at radius 2 is 2.00 bits per heavy atom. The van der Waals surface area contributed by atoms with Gasteiger partial charge in [0.2, 0.25) is 10.0 Å². The highest BCUT2D eigenvalue weighted by Crippen LogP contribution is 2.38. The van der Waals surface area contributed by atoms with Crippen LogP contribution in [-0.4, -0.2) is 38.8 Å². The molecule has 1 aliphatic carbocycles. The summed E-state index contributed by atoms with van der Waals surface area (Å²) in [5.74, 6) is 1.27. The van der Waals surface area contributed by atoms with Crippen LogP contribution in [0.3, 0.4) is 0 Å². The van der Waals surface area contributed by atoms with E-state index in [4.69, 9.17) is 16.3 Å². The zero-order valence-electron chi connectivity index (χ0n) is 9.90. The van der Waals surface area contributed by atoms with Gasteiger partial charge in [0.05, 0.1) is 17.9 Å². The van der Waals surface area contributed by atoms with Gasteiger partial charge in [0, 0.05) is 12.5 Å². The van der Waals surface area contributed by atoms with E-state index >= 15 is 0 Å². The summed E-state index contributed by atoms with van der Waals surface area (Å²) < 4.78 is 32.1. The predicted octanol–water partition coefficient (Wildman–Crippen LogP) is 1.49. The Morgan fingerprint density at radius 3 is 2.65 bits per heavy atom. The van der Waals surface area contributed by atoms with Gasteiger partial charge in [-0.3, -0.25) is 0 Å². The summed E-state index contributed by atoms with van der Waals surface area (Å²) in [6.07, 6.45) is 4.63. The second-order valence-electron chi connectivity index (χ2n) is 4.90. The third-order valence-electron chi connectivity index (χ3n) is 3.35. The summed E-state index contributed by atoms with van der Waals surface area (Å²) in [6, 6.07) is -0.0106. The van der Waals surface area contributed by atoms with Gasteiger partial charge in [-0.2, -0.15) is 0 Å². The standard InChI is InChI=1S/C11H20ClNO3S/c12-6-1-2-8-17(14,15)13-10-5-7-16-11(10)9-3-4-9/h9-11,13H,1-8H2. The van der Waals surface area contributed by atoms with E-state index in [1.54, 1.807) is 0 Å². The fourth-order valence-corrected chi connectivity index (χ4v) is 3.91. The van der Waals surface area contributed by atoms with Gasteiger partial charge in [-0.25, -0.2) is 13.1 Å². The minimum Gasteiger partial charge on any atom is -0.376 e. The first-order chi connectivity index (χ1) is 8.12. The van der Waals surface area contributed by atoms with Crippen LogP contribution >= 0.6 is 11.6 Å². The lowest BCUT2D eigenvalue weighted by Gasteiger charge is -2.19. The quantitative estimate of drug-likeness (QED) is 0.568. The molecule has 0 radical (unpaired) electrons. The lowest BCUT2D eigenvalue weighted by molar-refractivity contribution is 0.0848. The maximum absolute atomic E-state index is 11.8. The van der Waals surface area contributed by atoms with E-state index in [9.17, 15) is 8.42 Å². The Hall–Kier alpha value is 0.160. The Bertz CT molecular complexity index is 343. The van der Waals surface area contributed by atoms with Gasteiger partial charge in [0.1, 0.15) is 0 Å². The van der Waals surface area contributed by atoms with Crippen LogP contribution in [0.4, 0.5) is 0 Å². The highest BCUT2D eigenvalue weighted by atomic mass is 35.5. The van der Waals surface area contributed by atoms with Crippen molar-refractivity contribution in [1.29, 1.82) is 0 Å². The number of nitrogens with one attached hydrogen (secondary N) is 1. The van der Waals surface area contributed by atoms with Crippen molar-refractivity contribution >= 4 is 21.6 Å². The van der Waals surface area contributed by atoms with E-state index in [0.717, 1.165) is 12.8 Å². The third-order valence-corrected chi connectivity index (χ3v) is 5.11. The van der Waals surface area contributed by atoms with Crippen molar-refractivity contribution < 1.29 is 13.2 Å².